The lowest BCUT2D eigenvalue weighted by Crippen LogP contribution is -2.32. The van der Waals surface area contributed by atoms with E-state index < -0.39 is 0 Å². The second-order valence-corrected chi connectivity index (χ2v) is 7.47. The minimum atomic E-state index is -0.373. The summed E-state index contributed by atoms with van der Waals surface area (Å²) in [5.74, 6) is -0.373. The number of aromatic nitrogens is 1. The number of nitrogens with one attached hydrogen (secondary N) is 1. The molecule has 5 nitrogen and oxygen atoms in total. The zero-order valence-corrected chi connectivity index (χ0v) is 17.1. The Morgan fingerprint density at radius 3 is 2.89 bits per heavy atom. The minimum absolute atomic E-state index is 0.0414. The van der Waals surface area contributed by atoms with Crippen molar-refractivity contribution in [1.82, 2.24) is 9.88 Å². The molecule has 0 aliphatic carbocycles. The lowest BCUT2D eigenvalue weighted by atomic mass is 10.1. The molecule has 1 N–H and O–H groups in total. The monoisotopic (exact) mass is 397 g/mol. The predicted molar refractivity (Wildman–Crippen MR) is 111 cm³/mol. The Morgan fingerprint density at radius 1 is 1.43 bits per heavy atom. The Kier molecular flexibility index (Phi) is 6.23. The number of halogens is 1. The Morgan fingerprint density at radius 2 is 2.21 bits per heavy atom. The molecule has 6 heteroatoms. The summed E-state index contributed by atoms with van der Waals surface area (Å²) in [4.78, 5) is 12.4. The maximum absolute atomic E-state index is 12.4. The summed E-state index contributed by atoms with van der Waals surface area (Å²) < 4.78 is 7.60. The fourth-order valence-electron chi connectivity index (χ4n) is 3.55. The van der Waals surface area contributed by atoms with Crippen LogP contribution in [0, 0.1) is 32.1 Å². The van der Waals surface area contributed by atoms with Crippen LogP contribution in [0.3, 0.4) is 0 Å². The molecular weight excluding hydrogens is 374 g/mol. The lowest BCUT2D eigenvalue weighted by Gasteiger charge is -2.13. The van der Waals surface area contributed by atoms with Gasteiger partial charge in [-0.3, -0.25) is 4.79 Å². The zero-order valence-electron chi connectivity index (χ0n) is 16.4. The van der Waals surface area contributed by atoms with Crippen molar-refractivity contribution in [2.75, 3.05) is 13.2 Å². The van der Waals surface area contributed by atoms with Crippen molar-refractivity contribution >= 4 is 23.6 Å². The lowest BCUT2D eigenvalue weighted by molar-refractivity contribution is -0.117. The summed E-state index contributed by atoms with van der Waals surface area (Å²) in [6, 6.07) is 9.78. The third-order valence-electron chi connectivity index (χ3n) is 5.13. The van der Waals surface area contributed by atoms with E-state index in [1.165, 1.54) is 0 Å². The molecule has 1 amide bonds. The minimum Gasteiger partial charge on any atom is -0.376 e. The number of amides is 1. The normalized spacial score (nSPS) is 16.8. The maximum Gasteiger partial charge on any atom is 0.262 e. The van der Waals surface area contributed by atoms with Crippen molar-refractivity contribution in [3.05, 3.63) is 57.4 Å². The molecule has 1 aliphatic rings. The molecule has 1 aromatic carbocycles. The highest BCUT2D eigenvalue weighted by atomic mass is 35.5. The van der Waals surface area contributed by atoms with Gasteiger partial charge in [-0.05, 0) is 69.0 Å². The van der Waals surface area contributed by atoms with Gasteiger partial charge in [0, 0.05) is 35.2 Å². The fourth-order valence-corrected chi connectivity index (χ4v) is 3.72. The first-order valence-electron chi connectivity index (χ1n) is 9.38. The number of benzene rings is 1. The number of nitriles is 1. The third-order valence-corrected chi connectivity index (χ3v) is 5.54. The van der Waals surface area contributed by atoms with Gasteiger partial charge in [0.05, 0.1) is 6.10 Å². The highest BCUT2D eigenvalue weighted by Gasteiger charge is 2.19. The smallest absolute Gasteiger partial charge is 0.262 e. The first-order valence-corrected chi connectivity index (χ1v) is 9.76. The second-order valence-electron chi connectivity index (χ2n) is 7.06. The predicted octanol–water partition coefficient (Wildman–Crippen LogP) is 4.26. The molecule has 1 fully saturated rings. The van der Waals surface area contributed by atoms with E-state index in [1.54, 1.807) is 6.08 Å². The van der Waals surface area contributed by atoms with Crippen molar-refractivity contribution in [3.8, 4) is 11.8 Å². The highest BCUT2D eigenvalue weighted by molar-refractivity contribution is 6.31. The number of hydrogen-bond acceptors (Lipinski definition) is 3. The summed E-state index contributed by atoms with van der Waals surface area (Å²) in [5, 5.41) is 13.0. The van der Waals surface area contributed by atoms with Crippen molar-refractivity contribution < 1.29 is 9.53 Å². The van der Waals surface area contributed by atoms with Gasteiger partial charge < -0.3 is 14.6 Å². The molecule has 28 heavy (non-hydrogen) atoms. The molecule has 1 saturated heterocycles. The molecule has 1 unspecified atom stereocenters. The number of rotatable bonds is 5. The van der Waals surface area contributed by atoms with E-state index in [9.17, 15) is 10.1 Å². The summed E-state index contributed by atoms with van der Waals surface area (Å²) in [5.41, 5.74) is 4.84. The first kappa shape index (κ1) is 20.2. The quantitative estimate of drug-likeness (QED) is 0.605. The third kappa shape index (κ3) is 4.14. The highest BCUT2D eigenvalue weighted by Crippen LogP contribution is 2.28. The Balaban J connectivity index is 1.87. The van der Waals surface area contributed by atoms with Crippen LogP contribution in [0.1, 0.15) is 35.4 Å². The number of carbonyl (C=O) groups is 1. The van der Waals surface area contributed by atoms with E-state index in [-0.39, 0.29) is 17.6 Å². The van der Waals surface area contributed by atoms with Crippen LogP contribution in [-0.2, 0) is 9.53 Å². The number of hydrogen-bond donors (Lipinski definition) is 1. The van der Waals surface area contributed by atoms with Gasteiger partial charge in [0.2, 0.25) is 0 Å². The van der Waals surface area contributed by atoms with Gasteiger partial charge in [-0.2, -0.15) is 5.26 Å². The van der Waals surface area contributed by atoms with E-state index in [0.717, 1.165) is 47.7 Å². The molecule has 0 saturated carbocycles. The molecule has 0 radical (unpaired) electrons. The average molecular weight is 398 g/mol. The van der Waals surface area contributed by atoms with Gasteiger partial charge in [0.25, 0.3) is 5.91 Å². The topological polar surface area (TPSA) is 67.0 Å². The van der Waals surface area contributed by atoms with Gasteiger partial charge in [-0.15, -0.1) is 0 Å². The van der Waals surface area contributed by atoms with Gasteiger partial charge in [-0.25, -0.2) is 0 Å². The Bertz CT molecular complexity index is 963. The molecule has 2 heterocycles. The van der Waals surface area contributed by atoms with Gasteiger partial charge in [0.15, 0.2) is 0 Å². The van der Waals surface area contributed by atoms with Crippen LogP contribution in [-0.4, -0.2) is 29.7 Å². The summed E-state index contributed by atoms with van der Waals surface area (Å²) in [7, 11) is 0. The molecular formula is C22H24ClN3O2. The van der Waals surface area contributed by atoms with Crippen LogP contribution in [0.5, 0.6) is 0 Å². The molecule has 1 aromatic heterocycles. The summed E-state index contributed by atoms with van der Waals surface area (Å²) in [6.45, 7) is 7.10. The largest absolute Gasteiger partial charge is 0.376 e. The van der Waals surface area contributed by atoms with E-state index in [2.05, 4.69) is 9.88 Å². The van der Waals surface area contributed by atoms with Crippen molar-refractivity contribution in [1.29, 1.82) is 5.26 Å². The fraction of sp³-hybridized carbons (Fsp3) is 0.364. The Hall–Kier alpha value is -2.55. The van der Waals surface area contributed by atoms with Crippen LogP contribution in [0.2, 0.25) is 5.02 Å². The molecule has 0 spiro atoms. The van der Waals surface area contributed by atoms with Crippen LogP contribution in [0.15, 0.2) is 29.8 Å². The number of carbonyl (C=O) groups excluding carboxylic acids is 1. The molecule has 0 bridgehead atoms. The molecule has 1 aliphatic heterocycles. The molecule has 2 aromatic rings. The van der Waals surface area contributed by atoms with E-state index in [4.69, 9.17) is 16.3 Å². The zero-order chi connectivity index (χ0) is 20.3. The standard InChI is InChI=1S/C22H24ClN3O2/c1-14-10-17(16(3)26(14)21-8-4-7-20(23)15(21)2)11-18(12-24)22(27)25-13-19-6-5-9-28-19/h4,7-8,10-11,19H,5-6,9,13H2,1-3H3,(H,25,27). The van der Waals surface area contributed by atoms with Crippen LogP contribution < -0.4 is 5.32 Å². The molecule has 1 atom stereocenters. The number of ether oxygens (including phenoxy) is 1. The molecule has 146 valence electrons. The molecule has 3 rings (SSSR count). The van der Waals surface area contributed by atoms with Gasteiger partial charge in [-0.1, -0.05) is 17.7 Å². The van der Waals surface area contributed by atoms with Crippen molar-refractivity contribution in [2.24, 2.45) is 0 Å². The maximum atomic E-state index is 12.4. The number of nitrogens with zero attached hydrogens (tertiary/aromatic N) is 2. The summed E-state index contributed by atoms with van der Waals surface area (Å²) in [6.07, 6.45) is 3.63. The van der Waals surface area contributed by atoms with E-state index in [0.29, 0.717) is 11.6 Å². The Labute approximate surface area is 170 Å². The van der Waals surface area contributed by atoms with E-state index in [1.807, 2.05) is 51.1 Å². The van der Waals surface area contributed by atoms with E-state index >= 15 is 0 Å². The second kappa shape index (κ2) is 8.64. The SMILES string of the molecule is Cc1c(Cl)cccc1-n1c(C)cc(C=C(C#N)C(=O)NCC2CCCO2)c1C. The van der Waals surface area contributed by atoms with Crippen LogP contribution in [0.25, 0.3) is 11.8 Å². The number of aryl methyl sites for hydroxylation is 1. The van der Waals surface area contributed by atoms with Crippen molar-refractivity contribution in [3.63, 3.8) is 0 Å². The van der Waals surface area contributed by atoms with Crippen LogP contribution >= 0.6 is 11.6 Å². The van der Waals surface area contributed by atoms with Gasteiger partial charge in [0.1, 0.15) is 11.6 Å². The van der Waals surface area contributed by atoms with Gasteiger partial charge >= 0.3 is 0 Å². The van der Waals surface area contributed by atoms with Crippen molar-refractivity contribution in [2.45, 2.75) is 39.7 Å². The summed E-state index contributed by atoms with van der Waals surface area (Å²) >= 11 is 6.28. The van der Waals surface area contributed by atoms with Crippen LogP contribution in [0.4, 0.5) is 0 Å². The average Bonchev–Trinajstić information content (AvgIpc) is 3.28. The first-order chi connectivity index (χ1) is 13.4.